The molecule has 0 fully saturated rings. The number of nitrogens with one attached hydrogen (secondary N) is 2. The molecular weight excluding hydrogens is 447 g/mol. The van der Waals surface area contributed by atoms with Crippen molar-refractivity contribution in [3.8, 4) is 11.8 Å². The van der Waals surface area contributed by atoms with Crippen molar-refractivity contribution < 1.29 is 31.1 Å². The van der Waals surface area contributed by atoms with Crippen molar-refractivity contribution in [1.29, 1.82) is 5.26 Å². The summed E-state index contributed by atoms with van der Waals surface area (Å²) in [5.74, 6) is -0.943. The quantitative estimate of drug-likeness (QED) is 0.582. The van der Waals surface area contributed by atoms with Crippen molar-refractivity contribution >= 4 is 33.2 Å². The second kappa shape index (κ2) is 9.80. The summed E-state index contributed by atoms with van der Waals surface area (Å²) in [6.07, 6.45) is -4.57. The molecule has 0 unspecified atom stereocenters. The highest BCUT2D eigenvalue weighted by molar-refractivity contribution is 7.89. The molecule has 30 heavy (non-hydrogen) atoms. The number of sulfonamides is 1. The van der Waals surface area contributed by atoms with E-state index in [1.54, 1.807) is 6.07 Å². The molecule has 0 aliphatic heterocycles. The summed E-state index contributed by atoms with van der Waals surface area (Å²) in [5.41, 5.74) is -0.0284. The predicted octanol–water partition coefficient (Wildman–Crippen LogP) is 3.73. The zero-order chi connectivity index (χ0) is 22.4. The van der Waals surface area contributed by atoms with Gasteiger partial charge in [0.2, 0.25) is 10.0 Å². The van der Waals surface area contributed by atoms with Gasteiger partial charge in [-0.3, -0.25) is 4.79 Å². The van der Waals surface area contributed by atoms with Gasteiger partial charge in [0.1, 0.15) is 5.75 Å². The Balaban J connectivity index is 2.15. The Morgan fingerprint density at radius 1 is 1.17 bits per heavy atom. The van der Waals surface area contributed by atoms with Gasteiger partial charge in [0.15, 0.2) is 6.61 Å². The van der Waals surface area contributed by atoms with E-state index in [4.69, 9.17) is 21.6 Å². The number of rotatable bonds is 8. The fourth-order valence-corrected chi connectivity index (χ4v) is 3.39. The zero-order valence-corrected chi connectivity index (χ0v) is 16.7. The Hall–Kier alpha value is -2.81. The molecule has 0 aliphatic rings. The normalized spacial score (nSPS) is 11.6. The standard InChI is InChI=1S/C18H15ClF3N3O4S/c19-13-4-7-16(29-11-18(20,21)22)15(10-13)25-17(26)12-2-5-14(6-3-12)30(27,28)24-9-1-8-23/h2-7,10,24H,1,9,11H2,(H,25,26). The van der Waals surface area contributed by atoms with Crippen molar-refractivity contribution in [2.75, 3.05) is 18.5 Å². The summed E-state index contributed by atoms with van der Waals surface area (Å²) in [7, 11) is -3.84. The number of alkyl halides is 3. The summed E-state index contributed by atoms with van der Waals surface area (Å²) in [6.45, 7) is -1.61. The summed E-state index contributed by atoms with van der Waals surface area (Å²) < 4.78 is 68.3. The maximum atomic E-state index is 12.4. The number of nitrogens with zero attached hydrogens (tertiary/aromatic N) is 1. The van der Waals surface area contributed by atoms with Gasteiger partial charge in [-0.05, 0) is 42.5 Å². The topological polar surface area (TPSA) is 108 Å². The molecule has 0 aromatic heterocycles. The molecule has 2 rings (SSSR count). The maximum Gasteiger partial charge on any atom is 0.422 e. The van der Waals surface area contributed by atoms with Crippen LogP contribution in [0.4, 0.5) is 18.9 Å². The van der Waals surface area contributed by atoms with Crippen molar-refractivity contribution in [3.05, 3.63) is 53.1 Å². The molecule has 0 atom stereocenters. The fraction of sp³-hybridized carbons (Fsp3) is 0.222. The average molecular weight is 462 g/mol. The molecule has 0 saturated carbocycles. The lowest BCUT2D eigenvalue weighted by molar-refractivity contribution is -0.153. The lowest BCUT2D eigenvalue weighted by Gasteiger charge is -2.14. The van der Waals surface area contributed by atoms with Crippen LogP contribution in [0.2, 0.25) is 5.02 Å². The van der Waals surface area contributed by atoms with Gasteiger partial charge in [-0.25, -0.2) is 13.1 Å². The highest BCUT2D eigenvalue weighted by atomic mass is 35.5. The first-order valence-electron chi connectivity index (χ1n) is 8.29. The zero-order valence-electron chi connectivity index (χ0n) is 15.2. The van der Waals surface area contributed by atoms with Crippen LogP contribution < -0.4 is 14.8 Å². The van der Waals surface area contributed by atoms with E-state index in [9.17, 15) is 26.4 Å². The smallest absolute Gasteiger partial charge is 0.422 e. The highest BCUT2D eigenvalue weighted by Gasteiger charge is 2.29. The largest absolute Gasteiger partial charge is 0.482 e. The highest BCUT2D eigenvalue weighted by Crippen LogP contribution is 2.30. The number of carbonyl (C=O) groups excluding carboxylic acids is 1. The summed E-state index contributed by atoms with van der Waals surface area (Å²) in [6, 6.07) is 10.4. The van der Waals surface area contributed by atoms with Crippen LogP contribution in [0.3, 0.4) is 0 Å². The second-order valence-corrected chi connectivity index (χ2v) is 8.03. The van der Waals surface area contributed by atoms with Gasteiger partial charge >= 0.3 is 6.18 Å². The molecule has 0 heterocycles. The van der Waals surface area contributed by atoms with Crippen molar-refractivity contribution in [3.63, 3.8) is 0 Å². The van der Waals surface area contributed by atoms with Crippen LogP contribution in [0.15, 0.2) is 47.4 Å². The number of nitriles is 1. The molecule has 1 amide bonds. The van der Waals surface area contributed by atoms with Gasteiger partial charge in [-0.2, -0.15) is 18.4 Å². The lowest BCUT2D eigenvalue weighted by Crippen LogP contribution is -2.24. The summed E-state index contributed by atoms with van der Waals surface area (Å²) >= 11 is 5.84. The number of carbonyl (C=O) groups is 1. The van der Waals surface area contributed by atoms with Gasteiger partial charge in [-0.15, -0.1) is 0 Å². The van der Waals surface area contributed by atoms with Crippen LogP contribution in [0.5, 0.6) is 5.75 Å². The van der Waals surface area contributed by atoms with Crippen LogP contribution in [0.25, 0.3) is 0 Å². The minimum Gasteiger partial charge on any atom is -0.482 e. The van der Waals surface area contributed by atoms with Crippen molar-refractivity contribution in [1.82, 2.24) is 4.72 Å². The molecule has 12 heteroatoms. The Labute approximate surface area is 175 Å². The monoisotopic (exact) mass is 461 g/mol. The molecule has 2 aromatic rings. The number of amides is 1. The van der Waals surface area contributed by atoms with Gasteiger partial charge in [-0.1, -0.05) is 11.6 Å². The maximum absolute atomic E-state index is 12.4. The molecule has 2 N–H and O–H groups in total. The minimum atomic E-state index is -4.57. The second-order valence-electron chi connectivity index (χ2n) is 5.83. The summed E-state index contributed by atoms with van der Waals surface area (Å²) in [5, 5.41) is 11.0. The molecule has 7 nitrogen and oxygen atoms in total. The number of halogens is 4. The van der Waals surface area contributed by atoms with E-state index in [0.717, 1.165) is 0 Å². The SMILES string of the molecule is N#CCCNS(=O)(=O)c1ccc(C(=O)Nc2cc(Cl)ccc2OCC(F)(F)F)cc1. The Morgan fingerprint density at radius 3 is 2.43 bits per heavy atom. The fourth-order valence-electron chi connectivity index (χ4n) is 2.19. The minimum absolute atomic E-state index is 0.00189. The Morgan fingerprint density at radius 2 is 1.83 bits per heavy atom. The molecule has 0 spiro atoms. The molecule has 0 aliphatic carbocycles. The molecule has 0 saturated heterocycles. The van der Waals surface area contributed by atoms with Gasteiger partial charge < -0.3 is 10.1 Å². The van der Waals surface area contributed by atoms with E-state index in [2.05, 4.69) is 10.0 Å². The van der Waals surface area contributed by atoms with E-state index >= 15 is 0 Å². The van der Waals surface area contributed by atoms with E-state index in [0.29, 0.717) is 0 Å². The first-order valence-corrected chi connectivity index (χ1v) is 10.1. The van der Waals surface area contributed by atoms with E-state index < -0.39 is 28.7 Å². The number of hydrogen-bond acceptors (Lipinski definition) is 5. The third kappa shape index (κ3) is 6.91. The van der Waals surface area contributed by atoms with Crippen LogP contribution in [-0.2, 0) is 10.0 Å². The van der Waals surface area contributed by atoms with E-state index in [1.165, 1.54) is 42.5 Å². The van der Waals surface area contributed by atoms with E-state index in [-0.39, 0.29) is 39.9 Å². The molecule has 2 aromatic carbocycles. The Kier molecular flexibility index (Phi) is 7.66. The number of ether oxygens (including phenoxy) is 1. The number of hydrogen-bond donors (Lipinski definition) is 2. The first-order chi connectivity index (χ1) is 14.0. The average Bonchev–Trinajstić information content (AvgIpc) is 2.67. The third-order valence-electron chi connectivity index (χ3n) is 3.54. The third-order valence-corrected chi connectivity index (χ3v) is 5.25. The molecular formula is C18H15ClF3N3O4S. The van der Waals surface area contributed by atoms with Gasteiger partial charge in [0.25, 0.3) is 5.91 Å². The van der Waals surface area contributed by atoms with E-state index in [1.807, 2.05) is 0 Å². The van der Waals surface area contributed by atoms with Crippen molar-refractivity contribution in [2.24, 2.45) is 0 Å². The first kappa shape index (κ1) is 23.5. The van der Waals surface area contributed by atoms with Gasteiger partial charge in [0, 0.05) is 23.6 Å². The summed E-state index contributed by atoms with van der Waals surface area (Å²) in [4.78, 5) is 12.3. The van der Waals surface area contributed by atoms with Crippen LogP contribution in [0, 0.1) is 11.3 Å². The van der Waals surface area contributed by atoms with Crippen LogP contribution >= 0.6 is 11.6 Å². The number of benzene rings is 2. The van der Waals surface area contributed by atoms with Crippen LogP contribution in [-0.4, -0.2) is 33.7 Å². The Bertz CT molecular complexity index is 1050. The molecule has 0 radical (unpaired) electrons. The predicted molar refractivity (Wildman–Crippen MR) is 103 cm³/mol. The molecule has 160 valence electrons. The molecule has 0 bridgehead atoms. The number of anilines is 1. The van der Waals surface area contributed by atoms with Crippen molar-refractivity contribution in [2.45, 2.75) is 17.5 Å². The van der Waals surface area contributed by atoms with Gasteiger partial charge in [0.05, 0.1) is 16.7 Å². The lowest BCUT2D eigenvalue weighted by atomic mass is 10.2. The van der Waals surface area contributed by atoms with Crippen LogP contribution in [0.1, 0.15) is 16.8 Å².